The topological polar surface area (TPSA) is 69.1 Å². The van der Waals surface area contributed by atoms with Gasteiger partial charge < -0.3 is 4.42 Å². The minimum atomic E-state index is 0.583. The summed E-state index contributed by atoms with van der Waals surface area (Å²) in [4.78, 5) is 15.5. The fraction of sp³-hybridized carbons (Fsp3) is 0. The Hall–Kier alpha value is -8.48. The first-order valence-corrected chi connectivity index (χ1v) is 20.7. The van der Waals surface area contributed by atoms with E-state index in [1.807, 2.05) is 60.7 Å². The van der Waals surface area contributed by atoms with Crippen LogP contribution >= 0.6 is 0 Å². The van der Waals surface area contributed by atoms with Gasteiger partial charge in [-0.3, -0.25) is 0 Å². The van der Waals surface area contributed by atoms with Crippen molar-refractivity contribution in [1.29, 1.82) is 0 Å². The highest BCUT2D eigenvalue weighted by atomic mass is 16.3. The summed E-state index contributed by atoms with van der Waals surface area (Å²) in [7, 11) is 0. The van der Waals surface area contributed by atoms with Crippen LogP contribution in [-0.2, 0) is 0 Å². The zero-order valence-corrected chi connectivity index (χ0v) is 33.4. The highest BCUT2D eigenvalue weighted by Crippen LogP contribution is 2.42. The summed E-state index contributed by atoms with van der Waals surface area (Å²) in [5, 5.41) is 9.88. The second-order valence-corrected chi connectivity index (χ2v) is 15.5. The van der Waals surface area contributed by atoms with E-state index >= 15 is 0 Å². The molecule has 290 valence electrons. The Bertz CT molecular complexity index is 3630. The quantitative estimate of drug-likeness (QED) is 0.161. The number of para-hydroxylation sites is 1. The van der Waals surface area contributed by atoms with Gasteiger partial charge in [0.05, 0.1) is 11.2 Å². The summed E-state index contributed by atoms with van der Waals surface area (Å²) in [6.07, 6.45) is 0. The molecule has 4 heterocycles. The molecule has 0 unspecified atom stereocenters. The molecule has 6 nitrogen and oxygen atoms in total. The van der Waals surface area contributed by atoms with E-state index in [4.69, 9.17) is 24.5 Å². The van der Waals surface area contributed by atoms with Crippen LogP contribution in [0.1, 0.15) is 0 Å². The zero-order chi connectivity index (χ0) is 41.0. The molecule has 0 aliphatic rings. The lowest BCUT2D eigenvalue weighted by molar-refractivity contribution is 0.669. The van der Waals surface area contributed by atoms with Gasteiger partial charge in [-0.05, 0) is 58.5 Å². The minimum absolute atomic E-state index is 0.583. The number of hydrogen-bond donors (Lipinski definition) is 0. The second kappa shape index (κ2) is 14.7. The number of fused-ring (bicyclic) bond motifs is 6. The maximum Gasteiger partial charge on any atom is 0.164 e. The molecule has 0 atom stereocenters. The van der Waals surface area contributed by atoms with E-state index in [2.05, 4.69) is 156 Å². The first-order chi connectivity index (χ1) is 30.7. The van der Waals surface area contributed by atoms with E-state index < -0.39 is 0 Å². The largest absolute Gasteiger partial charge is 0.456 e. The van der Waals surface area contributed by atoms with Crippen LogP contribution in [0, 0.1) is 0 Å². The van der Waals surface area contributed by atoms with Gasteiger partial charge in [-0.25, -0.2) is 19.5 Å². The van der Waals surface area contributed by atoms with E-state index in [0.29, 0.717) is 17.5 Å². The van der Waals surface area contributed by atoms with Crippen LogP contribution in [0.25, 0.3) is 117 Å². The van der Waals surface area contributed by atoms with Crippen LogP contribution in [0.2, 0.25) is 0 Å². The van der Waals surface area contributed by atoms with Gasteiger partial charge in [0, 0.05) is 49.5 Å². The Morgan fingerprint density at radius 3 is 1.58 bits per heavy atom. The molecule has 12 rings (SSSR count). The molecule has 0 radical (unpaired) electrons. The number of aromatic nitrogens is 5. The molecule has 0 aliphatic heterocycles. The monoisotopic (exact) mass is 793 g/mol. The van der Waals surface area contributed by atoms with Gasteiger partial charge >= 0.3 is 0 Å². The van der Waals surface area contributed by atoms with Gasteiger partial charge in [-0.15, -0.1) is 0 Å². The molecule has 8 aromatic carbocycles. The van der Waals surface area contributed by atoms with Crippen LogP contribution in [0.3, 0.4) is 0 Å². The molecule has 4 aromatic heterocycles. The molecule has 62 heavy (non-hydrogen) atoms. The third-order valence-corrected chi connectivity index (χ3v) is 11.6. The molecule has 0 saturated carbocycles. The van der Waals surface area contributed by atoms with Crippen molar-refractivity contribution in [3.8, 4) is 78.9 Å². The van der Waals surface area contributed by atoms with Crippen LogP contribution in [0.5, 0.6) is 0 Å². The summed E-state index contributed by atoms with van der Waals surface area (Å²) in [5.41, 5.74) is 13.7. The highest BCUT2D eigenvalue weighted by Gasteiger charge is 2.23. The van der Waals surface area contributed by atoms with Crippen LogP contribution in [-0.4, -0.2) is 24.6 Å². The maximum atomic E-state index is 6.14. The van der Waals surface area contributed by atoms with Crippen molar-refractivity contribution in [2.75, 3.05) is 0 Å². The summed E-state index contributed by atoms with van der Waals surface area (Å²) in [6.45, 7) is 0. The summed E-state index contributed by atoms with van der Waals surface area (Å²) < 4.78 is 8.26. The Balaban J connectivity index is 1.04. The SMILES string of the molecule is c1ccc(-c2nc(-c3cccc(-c4ccc5oc6ccccc6c5c4)c3)nc(-c3cccc(-c4c(-c5ccccc5)nn5c(-c6ccccc6)cc6ccccc6c45)c3)n2)cc1. The van der Waals surface area contributed by atoms with E-state index in [9.17, 15) is 0 Å². The van der Waals surface area contributed by atoms with Crippen molar-refractivity contribution in [3.63, 3.8) is 0 Å². The van der Waals surface area contributed by atoms with Crippen molar-refractivity contribution in [2.45, 2.75) is 0 Å². The fourth-order valence-electron chi connectivity index (χ4n) is 8.68. The number of benzene rings is 8. The highest BCUT2D eigenvalue weighted by molar-refractivity contribution is 6.09. The first-order valence-electron chi connectivity index (χ1n) is 20.7. The maximum absolute atomic E-state index is 6.14. The van der Waals surface area contributed by atoms with Crippen LogP contribution in [0.15, 0.2) is 217 Å². The van der Waals surface area contributed by atoms with Gasteiger partial charge in [-0.2, -0.15) is 5.10 Å². The molecule has 0 fully saturated rings. The fourth-order valence-corrected chi connectivity index (χ4v) is 8.68. The van der Waals surface area contributed by atoms with Gasteiger partial charge in [-0.1, -0.05) is 176 Å². The average molecular weight is 794 g/mol. The Labute approximate surface area is 357 Å². The smallest absolute Gasteiger partial charge is 0.164 e. The van der Waals surface area contributed by atoms with Crippen molar-refractivity contribution in [1.82, 2.24) is 24.6 Å². The zero-order valence-electron chi connectivity index (χ0n) is 33.4. The molecule has 0 spiro atoms. The molecular weight excluding hydrogens is 759 g/mol. The predicted molar refractivity (Wildman–Crippen MR) is 251 cm³/mol. The summed E-state index contributed by atoms with van der Waals surface area (Å²) in [5.74, 6) is 1.78. The van der Waals surface area contributed by atoms with Crippen molar-refractivity contribution >= 4 is 38.2 Å². The first kappa shape index (κ1) is 35.5. The van der Waals surface area contributed by atoms with Crippen LogP contribution < -0.4 is 0 Å². The Morgan fingerprint density at radius 1 is 0.339 bits per heavy atom. The molecule has 0 aliphatic carbocycles. The van der Waals surface area contributed by atoms with E-state index in [1.165, 1.54) is 0 Å². The van der Waals surface area contributed by atoms with E-state index in [-0.39, 0.29) is 0 Å². The van der Waals surface area contributed by atoms with Crippen molar-refractivity contribution in [2.24, 2.45) is 0 Å². The van der Waals surface area contributed by atoms with E-state index in [1.54, 1.807) is 0 Å². The second-order valence-electron chi connectivity index (χ2n) is 15.5. The van der Waals surface area contributed by atoms with E-state index in [0.717, 1.165) is 99.7 Å². The number of pyridine rings is 1. The third kappa shape index (κ3) is 6.13. The van der Waals surface area contributed by atoms with Crippen LogP contribution in [0.4, 0.5) is 0 Å². The number of rotatable bonds is 7. The standard InChI is InChI=1S/C56H35N5O/c1-4-16-36(17-5-1)48-35-41-22-10-11-27-45(41)53-51(52(60-61(48)53)37-18-6-2-7-19-37)42-24-15-26-44(33-42)56-58-54(38-20-8-3-9-21-38)57-55(59-56)43-25-14-23-39(32-43)40-30-31-50-47(34-40)46-28-12-13-29-49(46)62-50/h1-35H. The van der Waals surface area contributed by atoms with Gasteiger partial charge in [0.15, 0.2) is 17.5 Å². The van der Waals surface area contributed by atoms with Crippen molar-refractivity contribution < 1.29 is 4.42 Å². The molecular formula is C56H35N5O. The third-order valence-electron chi connectivity index (χ3n) is 11.6. The minimum Gasteiger partial charge on any atom is -0.456 e. The Morgan fingerprint density at radius 2 is 0.855 bits per heavy atom. The number of furan rings is 1. The lowest BCUT2D eigenvalue weighted by Crippen LogP contribution is -2.00. The van der Waals surface area contributed by atoms with Gasteiger partial charge in [0.2, 0.25) is 0 Å². The van der Waals surface area contributed by atoms with Crippen molar-refractivity contribution in [3.05, 3.63) is 212 Å². The average Bonchev–Trinajstić information content (AvgIpc) is 3.94. The normalized spacial score (nSPS) is 11.5. The molecule has 6 heteroatoms. The lowest BCUT2D eigenvalue weighted by Gasteiger charge is -2.12. The molecule has 0 amide bonds. The molecule has 0 N–H and O–H groups in total. The summed E-state index contributed by atoms with van der Waals surface area (Å²) in [6, 6.07) is 73.4. The molecule has 12 aromatic rings. The number of nitrogens with zero attached hydrogens (tertiary/aromatic N) is 5. The van der Waals surface area contributed by atoms with Gasteiger partial charge in [0.1, 0.15) is 16.9 Å². The summed E-state index contributed by atoms with van der Waals surface area (Å²) >= 11 is 0. The lowest BCUT2D eigenvalue weighted by atomic mass is 9.95. The van der Waals surface area contributed by atoms with Gasteiger partial charge in [0.25, 0.3) is 0 Å². The predicted octanol–water partition coefficient (Wildman–Crippen LogP) is 14.2. The number of hydrogen-bond acceptors (Lipinski definition) is 5. The molecule has 0 saturated heterocycles. The molecule has 0 bridgehead atoms. The Kier molecular flexibility index (Phi) is 8.38.